The van der Waals surface area contributed by atoms with Gasteiger partial charge in [0, 0.05) is 11.9 Å². The van der Waals surface area contributed by atoms with Gasteiger partial charge in [0.15, 0.2) is 0 Å². The Kier molecular flexibility index (Phi) is 4.96. The number of amides is 1. The maximum atomic E-state index is 11.7. The molecule has 5 heteroatoms. The number of nitrogens with zero attached hydrogens (tertiary/aromatic N) is 1. The molecular weight excluding hydrogens is 276 g/mol. The van der Waals surface area contributed by atoms with Gasteiger partial charge in [-0.3, -0.25) is 4.79 Å². The van der Waals surface area contributed by atoms with E-state index in [1.807, 2.05) is 31.2 Å². The van der Waals surface area contributed by atoms with Crippen molar-refractivity contribution in [2.45, 2.75) is 13.3 Å². The minimum atomic E-state index is -0.125. The fourth-order valence-electron chi connectivity index (χ4n) is 1.67. The Morgan fingerprint density at radius 1 is 1.35 bits per heavy atom. The molecule has 0 atom stereocenters. The fraction of sp³-hybridized carbons (Fsp3) is 0.200. The molecule has 1 N–H and O–H groups in total. The minimum absolute atomic E-state index is 0.125. The lowest BCUT2D eigenvalue weighted by Gasteiger charge is -2.07. The molecule has 0 saturated heterocycles. The summed E-state index contributed by atoms with van der Waals surface area (Å²) in [4.78, 5) is 15.6. The minimum Gasteiger partial charge on any atom is -0.493 e. The molecule has 0 fully saturated rings. The summed E-state index contributed by atoms with van der Waals surface area (Å²) >= 11 is 5.74. The van der Waals surface area contributed by atoms with E-state index in [1.54, 1.807) is 18.3 Å². The van der Waals surface area contributed by atoms with Crippen LogP contribution in [-0.4, -0.2) is 17.5 Å². The van der Waals surface area contributed by atoms with Gasteiger partial charge in [-0.15, -0.1) is 0 Å². The van der Waals surface area contributed by atoms with Gasteiger partial charge in [-0.2, -0.15) is 0 Å². The first-order valence-corrected chi connectivity index (χ1v) is 6.62. The van der Waals surface area contributed by atoms with Gasteiger partial charge in [0.1, 0.15) is 10.9 Å². The van der Waals surface area contributed by atoms with E-state index in [-0.39, 0.29) is 12.3 Å². The number of halogens is 1. The standard InChI is InChI=1S/C15H15ClN2O2/c1-11-3-2-4-13(9-11)20-8-6-15(19)18-12-5-7-17-14(16)10-12/h2-5,7,9-10H,6,8H2,1H3,(H,17,18,19). The van der Waals surface area contributed by atoms with Crippen LogP contribution in [0.4, 0.5) is 5.69 Å². The van der Waals surface area contributed by atoms with Gasteiger partial charge in [-0.25, -0.2) is 4.98 Å². The average Bonchev–Trinajstić information content (AvgIpc) is 2.38. The first-order chi connectivity index (χ1) is 9.63. The van der Waals surface area contributed by atoms with Crippen molar-refractivity contribution in [3.8, 4) is 5.75 Å². The summed E-state index contributed by atoms with van der Waals surface area (Å²) in [5.74, 6) is 0.643. The molecule has 2 aromatic rings. The second kappa shape index (κ2) is 6.91. The SMILES string of the molecule is Cc1cccc(OCCC(=O)Nc2ccnc(Cl)c2)c1. The fourth-order valence-corrected chi connectivity index (χ4v) is 1.84. The van der Waals surface area contributed by atoms with E-state index in [9.17, 15) is 4.79 Å². The van der Waals surface area contributed by atoms with Crippen molar-refractivity contribution in [1.82, 2.24) is 4.98 Å². The number of carbonyl (C=O) groups is 1. The van der Waals surface area contributed by atoms with Gasteiger partial charge in [0.25, 0.3) is 0 Å². The molecule has 0 unspecified atom stereocenters. The Morgan fingerprint density at radius 3 is 2.95 bits per heavy atom. The number of rotatable bonds is 5. The Morgan fingerprint density at radius 2 is 2.20 bits per heavy atom. The van der Waals surface area contributed by atoms with Crippen LogP contribution < -0.4 is 10.1 Å². The van der Waals surface area contributed by atoms with E-state index in [0.29, 0.717) is 17.4 Å². The highest BCUT2D eigenvalue weighted by molar-refractivity contribution is 6.29. The third-order valence-corrected chi connectivity index (χ3v) is 2.80. The molecule has 2 rings (SSSR count). The van der Waals surface area contributed by atoms with Crippen molar-refractivity contribution in [1.29, 1.82) is 0 Å². The number of anilines is 1. The maximum Gasteiger partial charge on any atom is 0.227 e. The highest BCUT2D eigenvalue weighted by Crippen LogP contribution is 2.14. The Balaban J connectivity index is 1.78. The number of aryl methyl sites for hydroxylation is 1. The molecule has 0 aliphatic rings. The molecule has 1 amide bonds. The number of ether oxygens (including phenoxy) is 1. The maximum absolute atomic E-state index is 11.7. The molecule has 1 aromatic heterocycles. The number of carbonyl (C=O) groups excluding carboxylic acids is 1. The van der Waals surface area contributed by atoms with Gasteiger partial charge in [0.2, 0.25) is 5.91 Å². The lowest BCUT2D eigenvalue weighted by atomic mass is 10.2. The molecule has 4 nitrogen and oxygen atoms in total. The average molecular weight is 291 g/mol. The van der Waals surface area contributed by atoms with Gasteiger partial charge < -0.3 is 10.1 Å². The van der Waals surface area contributed by atoms with Crippen molar-refractivity contribution < 1.29 is 9.53 Å². The van der Waals surface area contributed by atoms with Crippen LogP contribution in [0.15, 0.2) is 42.6 Å². The molecule has 1 heterocycles. The molecule has 0 aliphatic heterocycles. The van der Waals surface area contributed by atoms with Crippen molar-refractivity contribution in [3.63, 3.8) is 0 Å². The number of benzene rings is 1. The molecule has 1 aromatic carbocycles. The third-order valence-electron chi connectivity index (χ3n) is 2.60. The zero-order valence-corrected chi connectivity index (χ0v) is 11.9. The normalized spacial score (nSPS) is 10.1. The first-order valence-electron chi connectivity index (χ1n) is 6.24. The van der Waals surface area contributed by atoms with Crippen LogP contribution in [0, 0.1) is 6.92 Å². The van der Waals surface area contributed by atoms with Crippen LogP contribution >= 0.6 is 11.6 Å². The predicted molar refractivity (Wildman–Crippen MR) is 79.2 cm³/mol. The van der Waals surface area contributed by atoms with E-state index in [4.69, 9.17) is 16.3 Å². The summed E-state index contributed by atoms with van der Waals surface area (Å²) in [5.41, 5.74) is 1.75. The summed E-state index contributed by atoms with van der Waals surface area (Å²) in [6, 6.07) is 11.0. The topological polar surface area (TPSA) is 51.2 Å². The largest absolute Gasteiger partial charge is 0.493 e. The number of hydrogen-bond acceptors (Lipinski definition) is 3. The number of hydrogen-bond donors (Lipinski definition) is 1. The Labute approximate surface area is 122 Å². The monoisotopic (exact) mass is 290 g/mol. The van der Waals surface area contributed by atoms with E-state index in [2.05, 4.69) is 10.3 Å². The van der Waals surface area contributed by atoms with Crippen LogP contribution in [0.1, 0.15) is 12.0 Å². The summed E-state index contributed by atoms with van der Waals surface area (Å²) < 4.78 is 5.52. The van der Waals surface area contributed by atoms with E-state index in [0.717, 1.165) is 11.3 Å². The summed E-state index contributed by atoms with van der Waals surface area (Å²) in [6.07, 6.45) is 1.81. The molecule has 0 radical (unpaired) electrons. The highest BCUT2D eigenvalue weighted by Gasteiger charge is 2.04. The van der Waals surface area contributed by atoms with Crippen molar-refractivity contribution in [2.24, 2.45) is 0 Å². The molecule has 0 aliphatic carbocycles. The van der Waals surface area contributed by atoms with Gasteiger partial charge in [0.05, 0.1) is 13.0 Å². The van der Waals surface area contributed by atoms with Gasteiger partial charge >= 0.3 is 0 Å². The lowest BCUT2D eigenvalue weighted by molar-refractivity contribution is -0.116. The molecule has 104 valence electrons. The predicted octanol–water partition coefficient (Wildman–Crippen LogP) is 3.45. The third kappa shape index (κ3) is 4.55. The highest BCUT2D eigenvalue weighted by atomic mass is 35.5. The van der Waals surface area contributed by atoms with Gasteiger partial charge in [-0.1, -0.05) is 23.7 Å². The van der Waals surface area contributed by atoms with Crippen molar-refractivity contribution >= 4 is 23.2 Å². The van der Waals surface area contributed by atoms with Crippen LogP contribution in [0.2, 0.25) is 5.15 Å². The first kappa shape index (κ1) is 14.3. The van der Waals surface area contributed by atoms with E-state index >= 15 is 0 Å². The van der Waals surface area contributed by atoms with Crippen LogP contribution in [0.5, 0.6) is 5.75 Å². The second-order valence-corrected chi connectivity index (χ2v) is 4.72. The van der Waals surface area contributed by atoms with E-state index < -0.39 is 0 Å². The quantitative estimate of drug-likeness (QED) is 0.858. The molecule has 0 bridgehead atoms. The lowest BCUT2D eigenvalue weighted by Crippen LogP contribution is -2.15. The van der Waals surface area contributed by atoms with Crippen LogP contribution in [0.25, 0.3) is 0 Å². The van der Waals surface area contributed by atoms with Crippen molar-refractivity contribution in [2.75, 3.05) is 11.9 Å². The second-order valence-electron chi connectivity index (χ2n) is 4.33. The number of aromatic nitrogens is 1. The molecule has 20 heavy (non-hydrogen) atoms. The number of nitrogens with one attached hydrogen (secondary N) is 1. The smallest absolute Gasteiger partial charge is 0.227 e. The number of pyridine rings is 1. The molecular formula is C15H15ClN2O2. The zero-order chi connectivity index (χ0) is 14.4. The molecule has 0 spiro atoms. The molecule has 0 saturated carbocycles. The van der Waals surface area contributed by atoms with Crippen LogP contribution in [0.3, 0.4) is 0 Å². The Hall–Kier alpha value is -2.07. The van der Waals surface area contributed by atoms with Crippen LogP contribution in [-0.2, 0) is 4.79 Å². The zero-order valence-electron chi connectivity index (χ0n) is 11.1. The van der Waals surface area contributed by atoms with Gasteiger partial charge in [-0.05, 0) is 36.8 Å². The Bertz CT molecular complexity index is 602. The summed E-state index contributed by atoms with van der Waals surface area (Å²) in [5, 5.41) is 3.08. The van der Waals surface area contributed by atoms with E-state index in [1.165, 1.54) is 0 Å². The van der Waals surface area contributed by atoms with Crippen molar-refractivity contribution in [3.05, 3.63) is 53.3 Å². The summed E-state index contributed by atoms with van der Waals surface area (Å²) in [6.45, 7) is 2.32. The summed E-state index contributed by atoms with van der Waals surface area (Å²) in [7, 11) is 0.